The fourth-order valence-corrected chi connectivity index (χ4v) is 0.0962. The molecule has 3 heteroatoms. The van der Waals surface area contributed by atoms with Crippen LogP contribution in [0.15, 0.2) is 12.7 Å². The van der Waals surface area contributed by atoms with Gasteiger partial charge in [0.1, 0.15) is 0 Å². The van der Waals surface area contributed by atoms with Crippen LogP contribution in [-0.4, -0.2) is 11.9 Å². The number of alkyl halides is 1. The van der Waals surface area contributed by atoms with Crippen LogP contribution < -0.4 is 5.73 Å². The third-order valence-electron chi connectivity index (χ3n) is 0.481. The summed E-state index contributed by atoms with van der Waals surface area (Å²) >= 11 is 5.41. The van der Waals surface area contributed by atoms with E-state index in [0.29, 0.717) is 6.54 Å². The molecule has 0 radical (unpaired) electrons. The minimum absolute atomic E-state index is 0. The summed E-state index contributed by atoms with van der Waals surface area (Å²) in [5.74, 6) is 0. The van der Waals surface area contributed by atoms with Crippen molar-refractivity contribution in [3.63, 3.8) is 0 Å². The summed E-state index contributed by atoms with van der Waals surface area (Å²) < 4.78 is 0. The molecule has 0 aromatic heterocycles. The summed E-state index contributed by atoms with van der Waals surface area (Å²) in [6.07, 6.45) is 1.61. The van der Waals surface area contributed by atoms with Gasteiger partial charge in [0.2, 0.25) is 0 Å². The van der Waals surface area contributed by atoms with Crippen molar-refractivity contribution < 1.29 is 0 Å². The predicted molar refractivity (Wildman–Crippen MR) is 36.1 cm³/mol. The maximum absolute atomic E-state index is 5.41. The number of rotatable bonds is 2. The van der Waals surface area contributed by atoms with Crippen LogP contribution in [0.1, 0.15) is 0 Å². The molecule has 0 fully saturated rings. The average molecular weight is 142 g/mol. The molecule has 0 aliphatic carbocycles. The van der Waals surface area contributed by atoms with Crippen molar-refractivity contribution >= 4 is 24.0 Å². The summed E-state index contributed by atoms with van der Waals surface area (Å²) in [4.78, 5) is 0. The molecule has 0 saturated heterocycles. The summed E-state index contributed by atoms with van der Waals surface area (Å²) in [6, 6.07) is 0. The lowest BCUT2D eigenvalue weighted by atomic mass is 10.4. The molecule has 0 aromatic carbocycles. The van der Waals surface area contributed by atoms with E-state index in [1.54, 1.807) is 6.08 Å². The Kier molecular flexibility index (Phi) is 9.24. The van der Waals surface area contributed by atoms with Crippen molar-refractivity contribution in [1.29, 1.82) is 0 Å². The Morgan fingerprint density at radius 3 is 2.29 bits per heavy atom. The van der Waals surface area contributed by atoms with Crippen LogP contribution in [0.3, 0.4) is 0 Å². The van der Waals surface area contributed by atoms with Crippen LogP contribution in [-0.2, 0) is 0 Å². The van der Waals surface area contributed by atoms with E-state index in [1.807, 2.05) is 0 Å². The first-order chi connectivity index (χ1) is 2.81. The molecule has 0 spiro atoms. The molecule has 2 N–H and O–H groups in total. The minimum atomic E-state index is -0.0509. The third kappa shape index (κ3) is 6.28. The summed E-state index contributed by atoms with van der Waals surface area (Å²) in [7, 11) is 0. The fourth-order valence-electron chi connectivity index (χ4n) is 0.0962. The van der Waals surface area contributed by atoms with Gasteiger partial charge in [-0.2, -0.15) is 0 Å². The van der Waals surface area contributed by atoms with E-state index in [0.717, 1.165) is 0 Å². The van der Waals surface area contributed by atoms with Crippen molar-refractivity contribution in [2.45, 2.75) is 5.38 Å². The fraction of sp³-hybridized carbons (Fsp3) is 0.500. The molecule has 0 bridgehead atoms. The Bertz CT molecular complexity index is 47.0. The van der Waals surface area contributed by atoms with Crippen molar-refractivity contribution in [2.24, 2.45) is 5.73 Å². The Balaban J connectivity index is 0. The zero-order valence-electron chi connectivity index (χ0n) is 3.93. The highest BCUT2D eigenvalue weighted by Crippen LogP contribution is 1.89. The van der Waals surface area contributed by atoms with Gasteiger partial charge < -0.3 is 5.73 Å². The van der Waals surface area contributed by atoms with Gasteiger partial charge in [0, 0.05) is 6.54 Å². The second-order valence-corrected chi connectivity index (χ2v) is 1.55. The van der Waals surface area contributed by atoms with Crippen LogP contribution in [0.25, 0.3) is 0 Å². The van der Waals surface area contributed by atoms with E-state index in [1.165, 1.54) is 0 Å². The number of hydrogen-bond donors (Lipinski definition) is 1. The van der Waals surface area contributed by atoms with Crippen LogP contribution >= 0.6 is 24.0 Å². The van der Waals surface area contributed by atoms with Crippen molar-refractivity contribution in [1.82, 2.24) is 0 Å². The lowest BCUT2D eigenvalue weighted by Gasteiger charge is -1.91. The van der Waals surface area contributed by atoms with E-state index < -0.39 is 0 Å². The molecule has 0 amide bonds. The number of hydrogen-bond acceptors (Lipinski definition) is 1. The molecule has 0 aliphatic heterocycles. The highest BCUT2D eigenvalue weighted by Gasteiger charge is 1.87. The first kappa shape index (κ1) is 10.3. The van der Waals surface area contributed by atoms with E-state index >= 15 is 0 Å². The maximum Gasteiger partial charge on any atom is 0.0635 e. The first-order valence-electron chi connectivity index (χ1n) is 1.78. The molecular formula is C4H9Cl2N. The lowest BCUT2D eigenvalue weighted by Crippen LogP contribution is -2.09. The van der Waals surface area contributed by atoms with Crippen LogP contribution in [0.2, 0.25) is 0 Å². The van der Waals surface area contributed by atoms with Gasteiger partial charge in [0.05, 0.1) is 5.38 Å². The summed E-state index contributed by atoms with van der Waals surface area (Å²) in [5, 5.41) is -0.0509. The molecule has 1 atom stereocenters. The standard InChI is InChI=1S/C4H8ClN.ClH/c1-2-4(5)3-6;/h2,4H,1,3,6H2;1H. The quantitative estimate of drug-likeness (QED) is 0.454. The second kappa shape index (κ2) is 6.28. The minimum Gasteiger partial charge on any atom is -0.329 e. The number of halogens is 2. The molecule has 44 valence electrons. The maximum atomic E-state index is 5.41. The molecule has 1 unspecified atom stereocenters. The molecule has 1 nitrogen and oxygen atoms in total. The highest BCUT2D eigenvalue weighted by molar-refractivity contribution is 6.21. The van der Waals surface area contributed by atoms with Gasteiger partial charge >= 0.3 is 0 Å². The molecule has 0 aromatic rings. The van der Waals surface area contributed by atoms with Gasteiger partial charge in [0.25, 0.3) is 0 Å². The number of nitrogens with two attached hydrogens (primary N) is 1. The average Bonchev–Trinajstić information content (AvgIpc) is 1.65. The van der Waals surface area contributed by atoms with E-state index in [2.05, 4.69) is 6.58 Å². The SMILES string of the molecule is C=CC(Cl)CN.Cl. The zero-order valence-corrected chi connectivity index (χ0v) is 5.50. The van der Waals surface area contributed by atoms with Gasteiger partial charge in [0.15, 0.2) is 0 Å². The molecule has 7 heavy (non-hydrogen) atoms. The van der Waals surface area contributed by atoms with E-state index in [9.17, 15) is 0 Å². The largest absolute Gasteiger partial charge is 0.329 e. The van der Waals surface area contributed by atoms with Gasteiger partial charge in [-0.05, 0) is 0 Å². The summed E-state index contributed by atoms with van der Waals surface area (Å²) in [6.45, 7) is 3.90. The highest BCUT2D eigenvalue weighted by atomic mass is 35.5. The van der Waals surface area contributed by atoms with Crippen molar-refractivity contribution in [3.8, 4) is 0 Å². The molecule has 0 rings (SSSR count). The topological polar surface area (TPSA) is 26.0 Å². The predicted octanol–water partition coefficient (Wildman–Crippen LogP) is 1.16. The smallest absolute Gasteiger partial charge is 0.0635 e. The van der Waals surface area contributed by atoms with Gasteiger partial charge in [-0.1, -0.05) is 6.08 Å². The van der Waals surface area contributed by atoms with Crippen molar-refractivity contribution in [2.75, 3.05) is 6.54 Å². The normalized spacial score (nSPS) is 11.7. The third-order valence-corrected chi connectivity index (χ3v) is 0.837. The van der Waals surface area contributed by atoms with Crippen LogP contribution in [0.5, 0.6) is 0 Å². The second-order valence-electron chi connectivity index (χ2n) is 0.987. The lowest BCUT2D eigenvalue weighted by molar-refractivity contribution is 1.02. The van der Waals surface area contributed by atoms with Gasteiger partial charge in [-0.25, -0.2) is 0 Å². The van der Waals surface area contributed by atoms with Gasteiger partial charge in [-0.3, -0.25) is 0 Å². The Morgan fingerprint density at radius 2 is 2.29 bits per heavy atom. The monoisotopic (exact) mass is 141 g/mol. The Morgan fingerprint density at radius 1 is 1.86 bits per heavy atom. The molecule has 0 aliphatic rings. The van der Waals surface area contributed by atoms with E-state index in [-0.39, 0.29) is 17.8 Å². The zero-order chi connectivity index (χ0) is 4.99. The van der Waals surface area contributed by atoms with Gasteiger partial charge in [-0.15, -0.1) is 30.6 Å². The van der Waals surface area contributed by atoms with E-state index in [4.69, 9.17) is 17.3 Å². The van der Waals surface area contributed by atoms with Crippen LogP contribution in [0, 0.1) is 0 Å². The first-order valence-corrected chi connectivity index (χ1v) is 2.21. The van der Waals surface area contributed by atoms with Crippen LogP contribution in [0.4, 0.5) is 0 Å². The van der Waals surface area contributed by atoms with Crippen molar-refractivity contribution in [3.05, 3.63) is 12.7 Å². The molecule has 0 heterocycles. The Labute approximate surface area is 54.9 Å². The molecule has 0 saturated carbocycles. The summed E-state index contributed by atoms with van der Waals surface area (Å²) in [5.41, 5.74) is 5.08. The molecular weight excluding hydrogens is 133 g/mol. The Hall–Kier alpha value is 0.280.